The molecule has 21 heavy (non-hydrogen) atoms. The van der Waals surface area contributed by atoms with Crippen LogP contribution in [0.3, 0.4) is 0 Å². The normalized spacial score (nSPS) is 24.6. The smallest absolute Gasteiger partial charge is 0.225 e. The van der Waals surface area contributed by atoms with E-state index in [1.54, 1.807) is 0 Å². The molecule has 0 aromatic heterocycles. The summed E-state index contributed by atoms with van der Waals surface area (Å²) in [6.45, 7) is 3.20. The van der Waals surface area contributed by atoms with Crippen LogP contribution in [0.4, 0.5) is 0 Å². The van der Waals surface area contributed by atoms with Gasteiger partial charge in [0.25, 0.3) is 0 Å². The van der Waals surface area contributed by atoms with Gasteiger partial charge in [0.2, 0.25) is 11.8 Å². The molecule has 0 radical (unpaired) electrons. The minimum Gasteiger partial charge on any atom is -0.352 e. The first-order valence-electron chi connectivity index (χ1n) is 8.45. The molecule has 120 valence electrons. The fourth-order valence-corrected chi connectivity index (χ4v) is 3.49. The third-order valence-corrected chi connectivity index (χ3v) is 4.83. The minimum absolute atomic E-state index is 0.00963. The zero-order chi connectivity index (χ0) is 15.2. The largest absolute Gasteiger partial charge is 0.352 e. The molecular formula is C16H29N3O2. The van der Waals surface area contributed by atoms with Gasteiger partial charge in [-0.15, -0.1) is 0 Å². The van der Waals surface area contributed by atoms with E-state index in [2.05, 4.69) is 12.2 Å². The summed E-state index contributed by atoms with van der Waals surface area (Å²) in [5.74, 6) is -0.0240. The molecule has 2 fully saturated rings. The number of rotatable bonds is 7. The van der Waals surface area contributed by atoms with Crippen molar-refractivity contribution in [3.8, 4) is 0 Å². The van der Waals surface area contributed by atoms with E-state index in [1.807, 2.05) is 4.90 Å². The average molecular weight is 295 g/mol. The number of nitrogens with two attached hydrogens (primary N) is 1. The lowest BCUT2D eigenvalue weighted by atomic mass is 10.1. The van der Waals surface area contributed by atoms with Crippen molar-refractivity contribution in [2.75, 3.05) is 13.1 Å². The van der Waals surface area contributed by atoms with Gasteiger partial charge in [-0.05, 0) is 19.3 Å². The lowest BCUT2D eigenvalue weighted by Gasteiger charge is -2.24. The summed E-state index contributed by atoms with van der Waals surface area (Å²) in [6, 6.07) is 0.425. The highest BCUT2D eigenvalue weighted by atomic mass is 16.2. The number of likely N-dealkylation sites (tertiary alicyclic amines) is 1. The molecule has 2 amide bonds. The summed E-state index contributed by atoms with van der Waals surface area (Å²) < 4.78 is 0. The molecule has 2 unspecified atom stereocenters. The standard InChI is InChI=1S/C16H29N3O2/c1-2-3-6-13(10-17)18-16(21)12-9-15(20)19(11-12)14-7-4-5-8-14/h12-14H,2-11,17H2,1H3,(H,18,21). The molecule has 5 heteroatoms. The van der Waals surface area contributed by atoms with Crippen molar-refractivity contribution in [3.63, 3.8) is 0 Å². The first-order valence-corrected chi connectivity index (χ1v) is 8.45. The van der Waals surface area contributed by atoms with Crippen molar-refractivity contribution in [3.05, 3.63) is 0 Å². The van der Waals surface area contributed by atoms with Crippen LogP contribution < -0.4 is 11.1 Å². The Labute approximate surface area is 127 Å². The van der Waals surface area contributed by atoms with Crippen molar-refractivity contribution < 1.29 is 9.59 Å². The maximum Gasteiger partial charge on any atom is 0.225 e. The summed E-state index contributed by atoms with van der Waals surface area (Å²) in [7, 11) is 0. The zero-order valence-electron chi connectivity index (χ0n) is 13.1. The molecule has 1 saturated carbocycles. The van der Waals surface area contributed by atoms with Gasteiger partial charge >= 0.3 is 0 Å². The van der Waals surface area contributed by atoms with E-state index in [9.17, 15) is 9.59 Å². The van der Waals surface area contributed by atoms with Crippen LogP contribution in [0.1, 0.15) is 58.3 Å². The molecule has 1 aliphatic heterocycles. The number of unbranched alkanes of at least 4 members (excludes halogenated alkanes) is 1. The van der Waals surface area contributed by atoms with Crippen molar-refractivity contribution in [1.29, 1.82) is 0 Å². The predicted molar refractivity (Wildman–Crippen MR) is 82.6 cm³/mol. The molecule has 2 aliphatic rings. The Bertz CT molecular complexity index is 367. The molecule has 0 bridgehead atoms. The summed E-state index contributed by atoms with van der Waals surface area (Å²) in [4.78, 5) is 26.4. The van der Waals surface area contributed by atoms with E-state index in [0.717, 1.165) is 32.1 Å². The second-order valence-corrected chi connectivity index (χ2v) is 6.47. The van der Waals surface area contributed by atoms with E-state index < -0.39 is 0 Å². The molecule has 0 aromatic carbocycles. The highest BCUT2D eigenvalue weighted by Crippen LogP contribution is 2.29. The predicted octanol–water partition coefficient (Wildman–Crippen LogP) is 1.41. The lowest BCUT2D eigenvalue weighted by molar-refractivity contribution is -0.130. The monoisotopic (exact) mass is 295 g/mol. The topological polar surface area (TPSA) is 75.4 Å². The molecule has 5 nitrogen and oxygen atoms in total. The van der Waals surface area contributed by atoms with E-state index in [1.165, 1.54) is 12.8 Å². The van der Waals surface area contributed by atoms with Gasteiger partial charge in [0.05, 0.1) is 5.92 Å². The first kappa shape index (κ1) is 16.3. The molecule has 2 atom stereocenters. The van der Waals surface area contributed by atoms with Gasteiger partial charge in [0.15, 0.2) is 0 Å². The highest BCUT2D eigenvalue weighted by molar-refractivity contribution is 5.89. The van der Waals surface area contributed by atoms with Gasteiger partial charge in [0.1, 0.15) is 0 Å². The van der Waals surface area contributed by atoms with Gasteiger partial charge in [-0.25, -0.2) is 0 Å². The van der Waals surface area contributed by atoms with Gasteiger partial charge < -0.3 is 16.0 Å². The Morgan fingerprint density at radius 3 is 2.76 bits per heavy atom. The fourth-order valence-electron chi connectivity index (χ4n) is 3.49. The molecule has 2 rings (SSSR count). The molecule has 0 spiro atoms. The van der Waals surface area contributed by atoms with Crippen molar-refractivity contribution >= 4 is 11.8 Å². The SMILES string of the molecule is CCCCC(CN)NC(=O)C1CC(=O)N(C2CCCC2)C1. The maximum atomic E-state index is 12.3. The van der Waals surface area contributed by atoms with Crippen molar-refractivity contribution in [2.45, 2.75) is 70.4 Å². The second kappa shape index (κ2) is 7.78. The molecule has 0 aromatic rings. The molecular weight excluding hydrogens is 266 g/mol. The van der Waals surface area contributed by atoms with Crippen LogP contribution in [0.15, 0.2) is 0 Å². The quantitative estimate of drug-likeness (QED) is 0.745. The fraction of sp³-hybridized carbons (Fsp3) is 0.875. The highest BCUT2D eigenvalue weighted by Gasteiger charge is 2.38. The van der Waals surface area contributed by atoms with Crippen LogP contribution in [0, 0.1) is 5.92 Å². The van der Waals surface area contributed by atoms with Gasteiger partial charge in [-0.1, -0.05) is 32.6 Å². The first-order chi connectivity index (χ1) is 10.2. The number of carbonyl (C=O) groups excluding carboxylic acids is 2. The Kier molecular flexibility index (Phi) is 6.03. The van der Waals surface area contributed by atoms with Crippen LogP contribution in [-0.4, -0.2) is 41.9 Å². The Balaban J connectivity index is 1.84. The summed E-state index contributed by atoms with van der Waals surface area (Å²) in [6.07, 6.45) is 8.07. The van der Waals surface area contributed by atoms with E-state index in [0.29, 0.717) is 25.6 Å². The van der Waals surface area contributed by atoms with Crippen molar-refractivity contribution in [2.24, 2.45) is 11.7 Å². The van der Waals surface area contributed by atoms with Gasteiger partial charge in [0, 0.05) is 31.6 Å². The molecule has 1 heterocycles. The van der Waals surface area contributed by atoms with Crippen molar-refractivity contribution in [1.82, 2.24) is 10.2 Å². The number of hydrogen-bond donors (Lipinski definition) is 2. The van der Waals surface area contributed by atoms with E-state index in [4.69, 9.17) is 5.73 Å². The Hall–Kier alpha value is -1.10. The van der Waals surface area contributed by atoms with E-state index >= 15 is 0 Å². The molecule has 1 aliphatic carbocycles. The molecule has 1 saturated heterocycles. The van der Waals surface area contributed by atoms with Gasteiger partial charge in [-0.2, -0.15) is 0 Å². The number of amides is 2. The number of nitrogens with zero attached hydrogens (tertiary/aromatic N) is 1. The van der Waals surface area contributed by atoms with Crippen LogP contribution >= 0.6 is 0 Å². The number of carbonyl (C=O) groups is 2. The number of hydrogen-bond acceptors (Lipinski definition) is 3. The second-order valence-electron chi connectivity index (χ2n) is 6.47. The minimum atomic E-state index is -0.186. The number of nitrogens with one attached hydrogen (secondary N) is 1. The summed E-state index contributed by atoms with van der Waals surface area (Å²) in [5, 5.41) is 3.03. The van der Waals surface area contributed by atoms with Crippen LogP contribution in [0.2, 0.25) is 0 Å². The van der Waals surface area contributed by atoms with Gasteiger partial charge in [-0.3, -0.25) is 9.59 Å². The van der Waals surface area contributed by atoms with Crippen LogP contribution in [-0.2, 0) is 9.59 Å². The summed E-state index contributed by atoms with van der Waals surface area (Å²) in [5.41, 5.74) is 5.72. The maximum absolute atomic E-state index is 12.3. The average Bonchev–Trinajstić information content (AvgIpc) is 3.12. The van der Waals surface area contributed by atoms with Crippen LogP contribution in [0.25, 0.3) is 0 Å². The summed E-state index contributed by atoms with van der Waals surface area (Å²) >= 11 is 0. The zero-order valence-corrected chi connectivity index (χ0v) is 13.1. The van der Waals surface area contributed by atoms with E-state index in [-0.39, 0.29) is 23.8 Å². The third-order valence-electron chi connectivity index (χ3n) is 4.83. The van der Waals surface area contributed by atoms with Crippen LogP contribution in [0.5, 0.6) is 0 Å². The third kappa shape index (κ3) is 4.19. The lowest BCUT2D eigenvalue weighted by Crippen LogP contribution is -2.44. The Morgan fingerprint density at radius 2 is 2.14 bits per heavy atom. The Morgan fingerprint density at radius 1 is 1.43 bits per heavy atom. The molecule has 3 N–H and O–H groups in total.